The Labute approximate surface area is 137 Å². The van der Waals surface area contributed by atoms with Crippen LogP contribution in [0.1, 0.15) is 32.8 Å². The summed E-state index contributed by atoms with van der Waals surface area (Å²) < 4.78 is 38.1. The lowest BCUT2D eigenvalue weighted by Crippen LogP contribution is -2.42. The van der Waals surface area contributed by atoms with Crippen LogP contribution in [0.3, 0.4) is 0 Å². The number of nitrogens with zero attached hydrogens (tertiary/aromatic N) is 1. The van der Waals surface area contributed by atoms with E-state index in [0.29, 0.717) is 6.42 Å². The van der Waals surface area contributed by atoms with Gasteiger partial charge in [-0.2, -0.15) is 13.2 Å². The number of amides is 2. The van der Waals surface area contributed by atoms with Crippen molar-refractivity contribution in [1.82, 2.24) is 4.90 Å². The Morgan fingerprint density at radius 1 is 1.35 bits per heavy atom. The molecule has 4 nitrogen and oxygen atoms in total. The molecule has 0 heterocycles. The third-order valence-corrected chi connectivity index (χ3v) is 3.74. The molecule has 2 amide bonds. The molecule has 0 aliphatic heterocycles. The van der Waals surface area contributed by atoms with Gasteiger partial charge >= 0.3 is 6.18 Å². The van der Waals surface area contributed by atoms with E-state index < -0.39 is 17.6 Å². The van der Waals surface area contributed by atoms with E-state index >= 15 is 0 Å². The molecule has 0 saturated carbocycles. The van der Waals surface area contributed by atoms with Crippen LogP contribution in [0.5, 0.6) is 0 Å². The molecular formula is C15H18ClF3N2O2. The number of hydrogen-bond donors (Lipinski definition) is 1. The summed E-state index contributed by atoms with van der Waals surface area (Å²) in [5, 5.41) is 2.31. The van der Waals surface area contributed by atoms with Gasteiger partial charge < -0.3 is 10.2 Å². The fourth-order valence-electron chi connectivity index (χ4n) is 1.94. The first kappa shape index (κ1) is 19.3. The fraction of sp³-hybridized carbons (Fsp3) is 0.467. The van der Waals surface area contributed by atoms with Crippen LogP contribution in [-0.2, 0) is 15.8 Å². The van der Waals surface area contributed by atoms with Crippen molar-refractivity contribution in [3.63, 3.8) is 0 Å². The lowest BCUT2D eigenvalue weighted by molar-refractivity contribution is -0.137. The summed E-state index contributed by atoms with van der Waals surface area (Å²) in [4.78, 5) is 24.9. The number of halogens is 4. The highest BCUT2D eigenvalue weighted by atomic mass is 35.5. The van der Waals surface area contributed by atoms with Crippen molar-refractivity contribution in [2.75, 3.05) is 11.9 Å². The molecule has 1 rings (SSSR count). The van der Waals surface area contributed by atoms with Crippen LogP contribution in [0, 0.1) is 0 Å². The molecule has 0 spiro atoms. The molecule has 1 aromatic rings. The average molecular weight is 351 g/mol. The zero-order chi connectivity index (χ0) is 17.8. The maximum absolute atomic E-state index is 12.7. The molecule has 0 aliphatic rings. The molecular weight excluding hydrogens is 333 g/mol. The molecule has 1 unspecified atom stereocenters. The SMILES string of the molecule is CCC(C)N(CC(=O)Nc1cc(C(F)(F)F)ccc1Cl)C(C)=O. The summed E-state index contributed by atoms with van der Waals surface area (Å²) >= 11 is 5.82. The number of benzene rings is 1. The molecule has 1 aromatic carbocycles. The number of hydrogen-bond acceptors (Lipinski definition) is 2. The monoisotopic (exact) mass is 350 g/mol. The van der Waals surface area contributed by atoms with Gasteiger partial charge in [-0.05, 0) is 31.5 Å². The van der Waals surface area contributed by atoms with Gasteiger partial charge in [0.05, 0.1) is 16.3 Å². The molecule has 0 radical (unpaired) electrons. The molecule has 23 heavy (non-hydrogen) atoms. The van der Waals surface area contributed by atoms with E-state index in [9.17, 15) is 22.8 Å². The second-order valence-corrected chi connectivity index (χ2v) is 5.55. The molecule has 1 atom stereocenters. The Morgan fingerprint density at radius 2 is 1.96 bits per heavy atom. The van der Waals surface area contributed by atoms with E-state index in [1.807, 2.05) is 6.92 Å². The Morgan fingerprint density at radius 3 is 2.43 bits per heavy atom. The number of carbonyl (C=O) groups excluding carboxylic acids is 2. The van der Waals surface area contributed by atoms with Crippen molar-refractivity contribution < 1.29 is 22.8 Å². The topological polar surface area (TPSA) is 49.4 Å². The maximum atomic E-state index is 12.7. The molecule has 0 fully saturated rings. The summed E-state index contributed by atoms with van der Waals surface area (Å²) in [6.45, 7) is 4.72. The van der Waals surface area contributed by atoms with Gasteiger partial charge in [0.1, 0.15) is 6.54 Å². The van der Waals surface area contributed by atoms with Crippen molar-refractivity contribution in [1.29, 1.82) is 0 Å². The number of rotatable bonds is 5. The minimum absolute atomic E-state index is 0.00994. The summed E-state index contributed by atoms with van der Waals surface area (Å²) in [7, 11) is 0. The average Bonchev–Trinajstić information content (AvgIpc) is 2.44. The molecule has 0 bridgehead atoms. The van der Waals surface area contributed by atoms with Crippen molar-refractivity contribution >= 4 is 29.1 Å². The van der Waals surface area contributed by atoms with Crippen LogP contribution in [-0.4, -0.2) is 29.3 Å². The maximum Gasteiger partial charge on any atom is 0.416 e. The normalized spacial score (nSPS) is 12.7. The van der Waals surface area contributed by atoms with E-state index in [-0.39, 0.29) is 29.2 Å². The lowest BCUT2D eigenvalue weighted by Gasteiger charge is -2.26. The molecule has 128 valence electrons. The highest BCUT2D eigenvalue weighted by Gasteiger charge is 2.31. The van der Waals surface area contributed by atoms with Crippen molar-refractivity contribution in [3.05, 3.63) is 28.8 Å². The van der Waals surface area contributed by atoms with Crippen LogP contribution in [0.25, 0.3) is 0 Å². The van der Waals surface area contributed by atoms with Gasteiger partial charge in [-0.1, -0.05) is 18.5 Å². The van der Waals surface area contributed by atoms with Crippen LogP contribution >= 0.6 is 11.6 Å². The van der Waals surface area contributed by atoms with Crippen LogP contribution in [0.4, 0.5) is 18.9 Å². The number of nitrogens with one attached hydrogen (secondary N) is 1. The van der Waals surface area contributed by atoms with Crippen LogP contribution < -0.4 is 5.32 Å². The largest absolute Gasteiger partial charge is 0.416 e. The van der Waals surface area contributed by atoms with Crippen molar-refractivity contribution in [2.24, 2.45) is 0 Å². The lowest BCUT2D eigenvalue weighted by atomic mass is 10.2. The number of carbonyl (C=O) groups is 2. The van der Waals surface area contributed by atoms with Crippen molar-refractivity contribution in [2.45, 2.75) is 39.4 Å². The standard InChI is InChI=1S/C15H18ClF3N2O2/c1-4-9(2)21(10(3)22)8-14(23)20-13-7-11(15(17,18)19)5-6-12(13)16/h5-7,9H,4,8H2,1-3H3,(H,20,23). The second-order valence-electron chi connectivity index (χ2n) is 5.14. The summed E-state index contributed by atoms with van der Waals surface area (Å²) in [5.74, 6) is -0.897. The second kappa shape index (κ2) is 7.68. The quantitative estimate of drug-likeness (QED) is 0.874. The fourth-order valence-corrected chi connectivity index (χ4v) is 2.10. The first-order valence-corrected chi connectivity index (χ1v) is 7.37. The number of anilines is 1. The molecule has 0 aliphatic carbocycles. The van der Waals surface area contributed by atoms with Crippen LogP contribution in [0.15, 0.2) is 18.2 Å². The minimum Gasteiger partial charge on any atom is -0.331 e. The zero-order valence-electron chi connectivity index (χ0n) is 13.0. The van der Waals surface area contributed by atoms with Gasteiger partial charge in [-0.25, -0.2) is 0 Å². The Hall–Kier alpha value is -1.76. The van der Waals surface area contributed by atoms with E-state index in [1.54, 1.807) is 6.92 Å². The summed E-state index contributed by atoms with van der Waals surface area (Å²) in [6.07, 6.45) is -3.89. The molecule has 0 aromatic heterocycles. The van der Waals surface area contributed by atoms with E-state index in [2.05, 4.69) is 5.32 Å². The molecule has 1 N–H and O–H groups in total. The van der Waals surface area contributed by atoms with Gasteiger partial charge in [0.25, 0.3) is 0 Å². The summed E-state index contributed by atoms with van der Waals surface area (Å²) in [5.41, 5.74) is -1.05. The predicted molar refractivity (Wildman–Crippen MR) is 82.2 cm³/mol. The number of alkyl halides is 3. The van der Waals surface area contributed by atoms with Gasteiger partial charge in [-0.15, -0.1) is 0 Å². The van der Waals surface area contributed by atoms with E-state index in [0.717, 1.165) is 18.2 Å². The van der Waals surface area contributed by atoms with Crippen molar-refractivity contribution in [3.8, 4) is 0 Å². The van der Waals surface area contributed by atoms with E-state index in [1.165, 1.54) is 11.8 Å². The predicted octanol–water partition coefficient (Wildman–Crippen LogP) is 3.94. The Bertz CT molecular complexity index is 591. The van der Waals surface area contributed by atoms with Gasteiger partial charge in [0, 0.05) is 13.0 Å². The molecule has 8 heteroatoms. The Balaban J connectivity index is 2.90. The summed E-state index contributed by atoms with van der Waals surface area (Å²) in [6, 6.07) is 2.51. The smallest absolute Gasteiger partial charge is 0.331 e. The minimum atomic E-state index is -4.54. The van der Waals surface area contributed by atoms with Gasteiger partial charge in [-0.3, -0.25) is 9.59 Å². The van der Waals surface area contributed by atoms with Gasteiger partial charge in [0.2, 0.25) is 11.8 Å². The van der Waals surface area contributed by atoms with E-state index in [4.69, 9.17) is 11.6 Å². The third-order valence-electron chi connectivity index (χ3n) is 3.41. The third kappa shape index (κ3) is 5.42. The first-order valence-electron chi connectivity index (χ1n) is 7.00. The highest BCUT2D eigenvalue weighted by molar-refractivity contribution is 6.33. The van der Waals surface area contributed by atoms with Crippen LogP contribution in [0.2, 0.25) is 5.02 Å². The highest BCUT2D eigenvalue weighted by Crippen LogP contribution is 2.33. The first-order chi connectivity index (χ1) is 10.6. The Kier molecular flexibility index (Phi) is 6.44. The molecule has 0 saturated heterocycles. The van der Waals surface area contributed by atoms with Gasteiger partial charge in [0.15, 0.2) is 0 Å². The zero-order valence-corrected chi connectivity index (χ0v) is 13.8.